The molecule has 2 heteroatoms. The van der Waals surface area contributed by atoms with Crippen LogP contribution in [0.15, 0.2) is 0 Å². The van der Waals surface area contributed by atoms with Crippen molar-refractivity contribution >= 4 is 0 Å². The summed E-state index contributed by atoms with van der Waals surface area (Å²) in [7, 11) is 1.74. The van der Waals surface area contributed by atoms with Crippen molar-refractivity contribution in [2.75, 3.05) is 7.11 Å². The van der Waals surface area contributed by atoms with Crippen LogP contribution in [0.1, 0.15) is 59.8 Å². The number of hydrogen-bond acceptors (Lipinski definition) is 2. The molecule has 0 amide bonds. The van der Waals surface area contributed by atoms with Crippen molar-refractivity contribution in [3.8, 4) is 0 Å². The van der Waals surface area contributed by atoms with Crippen LogP contribution in [0.25, 0.3) is 0 Å². The molecule has 0 aromatic heterocycles. The molecule has 1 rings (SSSR count). The molecule has 1 unspecified atom stereocenters. The van der Waals surface area contributed by atoms with Crippen LogP contribution >= 0.6 is 0 Å². The van der Waals surface area contributed by atoms with E-state index in [1.54, 1.807) is 7.11 Å². The standard InChI is InChI=1S/C13H26O2/c1-11(2)7-6-8-13(11,14)10-9-12(3,4)15-5/h14H,6-10H2,1-5H3. The Morgan fingerprint density at radius 1 is 1.27 bits per heavy atom. The molecular formula is C13H26O2. The first kappa shape index (κ1) is 13.0. The molecule has 1 atom stereocenters. The van der Waals surface area contributed by atoms with Crippen molar-refractivity contribution in [3.63, 3.8) is 0 Å². The van der Waals surface area contributed by atoms with Crippen molar-refractivity contribution in [3.05, 3.63) is 0 Å². The molecule has 0 saturated heterocycles. The lowest BCUT2D eigenvalue weighted by Gasteiger charge is -2.39. The van der Waals surface area contributed by atoms with Gasteiger partial charge in [-0.3, -0.25) is 0 Å². The summed E-state index contributed by atoms with van der Waals surface area (Å²) in [4.78, 5) is 0. The maximum absolute atomic E-state index is 10.6. The number of rotatable bonds is 4. The second-order valence-electron chi connectivity index (χ2n) is 6.23. The van der Waals surface area contributed by atoms with Gasteiger partial charge in [-0.15, -0.1) is 0 Å². The summed E-state index contributed by atoms with van der Waals surface area (Å²) in [5.74, 6) is 0. The molecular weight excluding hydrogens is 188 g/mol. The summed E-state index contributed by atoms with van der Waals surface area (Å²) in [5, 5.41) is 10.6. The Balaban J connectivity index is 2.58. The fourth-order valence-corrected chi connectivity index (χ4v) is 2.47. The SMILES string of the molecule is COC(C)(C)CCC1(O)CCCC1(C)C. The molecule has 2 nitrogen and oxygen atoms in total. The average Bonchev–Trinajstić information content (AvgIpc) is 2.40. The van der Waals surface area contributed by atoms with Crippen molar-refractivity contribution < 1.29 is 9.84 Å². The van der Waals surface area contributed by atoms with Crippen molar-refractivity contribution in [1.82, 2.24) is 0 Å². The van der Waals surface area contributed by atoms with Crippen LogP contribution in [0.4, 0.5) is 0 Å². The lowest BCUT2D eigenvalue weighted by Crippen LogP contribution is -2.41. The van der Waals surface area contributed by atoms with Crippen LogP contribution < -0.4 is 0 Å². The lowest BCUT2D eigenvalue weighted by molar-refractivity contribution is -0.0728. The molecule has 1 aliphatic rings. The molecule has 0 radical (unpaired) electrons. The smallest absolute Gasteiger partial charge is 0.0699 e. The van der Waals surface area contributed by atoms with E-state index >= 15 is 0 Å². The molecule has 1 fully saturated rings. The van der Waals surface area contributed by atoms with Crippen LogP contribution in [-0.2, 0) is 4.74 Å². The van der Waals surface area contributed by atoms with Gasteiger partial charge in [0.2, 0.25) is 0 Å². The lowest BCUT2D eigenvalue weighted by atomic mass is 9.74. The number of hydrogen-bond donors (Lipinski definition) is 1. The van der Waals surface area contributed by atoms with Crippen molar-refractivity contribution in [2.24, 2.45) is 5.41 Å². The zero-order valence-corrected chi connectivity index (χ0v) is 10.9. The summed E-state index contributed by atoms with van der Waals surface area (Å²) < 4.78 is 5.40. The minimum atomic E-state index is -0.483. The number of methoxy groups -OCH3 is 1. The molecule has 0 aromatic rings. The highest BCUT2D eigenvalue weighted by molar-refractivity contribution is 4.99. The summed E-state index contributed by atoms with van der Waals surface area (Å²) in [6.45, 7) is 8.52. The summed E-state index contributed by atoms with van der Waals surface area (Å²) in [5.41, 5.74) is -0.534. The van der Waals surface area contributed by atoms with Gasteiger partial charge in [0, 0.05) is 7.11 Å². The molecule has 1 N–H and O–H groups in total. The summed E-state index contributed by atoms with van der Waals surface area (Å²) in [6, 6.07) is 0. The van der Waals surface area contributed by atoms with Crippen LogP contribution in [-0.4, -0.2) is 23.4 Å². The molecule has 1 saturated carbocycles. The van der Waals surface area contributed by atoms with Gasteiger partial charge in [-0.25, -0.2) is 0 Å². The molecule has 0 aliphatic heterocycles. The van der Waals surface area contributed by atoms with E-state index in [2.05, 4.69) is 27.7 Å². The van der Waals surface area contributed by atoms with E-state index in [-0.39, 0.29) is 11.0 Å². The van der Waals surface area contributed by atoms with Gasteiger partial charge < -0.3 is 9.84 Å². The maximum Gasteiger partial charge on any atom is 0.0699 e. The molecule has 1 aliphatic carbocycles. The highest BCUT2D eigenvalue weighted by Crippen LogP contribution is 2.48. The third kappa shape index (κ3) is 2.73. The predicted molar refractivity (Wildman–Crippen MR) is 62.9 cm³/mol. The Hall–Kier alpha value is -0.0800. The van der Waals surface area contributed by atoms with E-state index in [0.717, 1.165) is 32.1 Å². The Bertz CT molecular complexity index is 221. The predicted octanol–water partition coefficient (Wildman–Crippen LogP) is 3.13. The zero-order valence-electron chi connectivity index (χ0n) is 10.9. The molecule has 90 valence electrons. The Kier molecular flexibility index (Phi) is 3.52. The van der Waals surface area contributed by atoms with Crippen molar-refractivity contribution in [1.29, 1.82) is 0 Å². The van der Waals surface area contributed by atoms with E-state index in [1.807, 2.05) is 0 Å². The van der Waals surface area contributed by atoms with Gasteiger partial charge in [-0.05, 0) is 51.4 Å². The maximum atomic E-state index is 10.6. The third-order valence-electron chi connectivity index (χ3n) is 4.35. The first-order chi connectivity index (χ1) is 6.72. The number of ether oxygens (including phenoxy) is 1. The minimum absolute atomic E-state index is 0.0663. The fourth-order valence-electron chi connectivity index (χ4n) is 2.47. The second kappa shape index (κ2) is 4.06. The molecule has 0 aromatic carbocycles. The van der Waals surface area contributed by atoms with E-state index < -0.39 is 5.60 Å². The van der Waals surface area contributed by atoms with Crippen LogP contribution in [0.5, 0.6) is 0 Å². The van der Waals surface area contributed by atoms with Gasteiger partial charge >= 0.3 is 0 Å². The van der Waals surface area contributed by atoms with E-state index in [9.17, 15) is 5.11 Å². The highest BCUT2D eigenvalue weighted by atomic mass is 16.5. The third-order valence-corrected chi connectivity index (χ3v) is 4.35. The van der Waals surface area contributed by atoms with Crippen LogP contribution in [0, 0.1) is 5.41 Å². The first-order valence-corrected chi connectivity index (χ1v) is 6.00. The largest absolute Gasteiger partial charge is 0.389 e. The van der Waals surface area contributed by atoms with Crippen LogP contribution in [0.2, 0.25) is 0 Å². The zero-order chi connectivity index (χ0) is 11.7. The first-order valence-electron chi connectivity index (χ1n) is 6.00. The van der Waals surface area contributed by atoms with Crippen LogP contribution in [0.3, 0.4) is 0 Å². The normalized spacial score (nSPS) is 30.8. The van der Waals surface area contributed by atoms with E-state index in [0.29, 0.717) is 0 Å². The molecule has 0 heterocycles. The quantitative estimate of drug-likeness (QED) is 0.779. The van der Waals surface area contributed by atoms with Gasteiger partial charge in [0.25, 0.3) is 0 Å². The minimum Gasteiger partial charge on any atom is -0.389 e. The fraction of sp³-hybridized carbons (Fsp3) is 1.00. The van der Waals surface area contributed by atoms with E-state index in [1.165, 1.54) is 0 Å². The van der Waals surface area contributed by atoms with Crippen molar-refractivity contribution in [2.45, 2.75) is 71.0 Å². The second-order valence-corrected chi connectivity index (χ2v) is 6.23. The van der Waals surface area contributed by atoms with Gasteiger partial charge in [-0.1, -0.05) is 13.8 Å². The van der Waals surface area contributed by atoms with Gasteiger partial charge in [-0.2, -0.15) is 0 Å². The molecule has 15 heavy (non-hydrogen) atoms. The Morgan fingerprint density at radius 2 is 1.87 bits per heavy atom. The topological polar surface area (TPSA) is 29.5 Å². The highest BCUT2D eigenvalue weighted by Gasteiger charge is 2.47. The van der Waals surface area contributed by atoms with E-state index in [4.69, 9.17) is 4.74 Å². The van der Waals surface area contributed by atoms with Gasteiger partial charge in [0.05, 0.1) is 11.2 Å². The monoisotopic (exact) mass is 214 g/mol. The summed E-state index contributed by atoms with van der Waals surface area (Å²) >= 11 is 0. The number of aliphatic hydroxyl groups is 1. The average molecular weight is 214 g/mol. The van der Waals surface area contributed by atoms with Gasteiger partial charge in [0.1, 0.15) is 0 Å². The Morgan fingerprint density at radius 3 is 2.27 bits per heavy atom. The Labute approximate surface area is 94.0 Å². The van der Waals surface area contributed by atoms with Gasteiger partial charge in [0.15, 0.2) is 0 Å². The molecule has 0 spiro atoms. The molecule has 0 bridgehead atoms. The summed E-state index contributed by atoms with van der Waals surface area (Å²) in [6.07, 6.45) is 5.00.